The Hall–Kier alpha value is -2.58. The van der Waals surface area contributed by atoms with Crippen LogP contribution in [0.4, 0.5) is 0 Å². The summed E-state index contributed by atoms with van der Waals surface area (Å²) in [6, 6.07) is 29.2. The Balaban J connectivity index is 1.37. The average Bonchev–Trinajstić information content (AvgIpc) is 2.66. The van der Waals surface area contributed by atoms with E-state index >= 15 is 0 Å². The van der Waals surface area contributed by atoms with Crippen molar-refractivity contribution in [2.45, 2.75) is 24.7 Å². The zero-order chi connectivity index (χ0) is 17.7. The highest BCUT2D eigenvalue weighted by Crippen LogP contribution is 2.37. The Bertz CT molecular complexity index is 823. The summed E-state index contributed by atoms with van der Waals surface area (Å²) < 4.78 is 11.5. The molecule has 0 spiro atoms. The van der Waals surface area contributed by atoms with E-state index < -0.39 is 0 Å². The number of hydrogen-bond acceptors (Lipinski definition) is 2. The number of rotatable bonds is 7. The molecule has 0 amide bonds. The van der Waals surface area contributed by atoms with Gasteiger partial charge in [0.2, 0.25) is 0 Å². The lowest BCUT2D eigenvalue weighted by Gasteiger charge is -2.42. The van der Waals surface area contributed by atoms with E-state index in [1.165, 1.54) is 11.1 Å². The van der Waals surface area contributed by atoms with E-state index in [2.05, 4.69) is 48.5 Å². The summed E-state index contributed by atoms with van der Waals surface area (Å²) in [5.41, 5.74) is 2.94. The summed E-state index contributed by atoms with van der Waals surface area (Å²) in [5.74, 6) is 1.78. The van der Waals surface area contributed by atoms with Crippen molar-refractivity contribution in [3.05, 3.63) is 96.1 Å². The maximum atomic E-state index is 5.95. The molecule has 1 heterocycles. The molecule has 0 saturated carbocycles. The second-order valence-corrected chi connectivity index (χ2v) is 7.06. The van der Waals surface area contributed by atoms with E-state index in [-0.39, 0.29) is 5.41 Å². The Kier molecular flexibility index (Phi) is 5.03. The fourth-order valence-corrected chi connectivity index (χ4v) is 3.62. The standard InChI is InChI=1S/C24H24O2/c1-3-11-21(12-4-1)24(18-25-19-24)16-8-10-20-9-7-15-23(17-20)26-22-13-5-2-6-14-22/h1-7,9,11-15,17H,8,10,16,18-19H2. The Morgan fingerprint density at radius 2 is 1.46 bits per heavy atom. The van der Waals surface area contributed by atoms with Crippen LogP contribution in [-0.2, 0) is 16.6 Å². The smallest absolute Gasteiger partial charge is 0.127 e. The topological polar surface area (TPSA) is 18.5 Å². The van der Waals surface area contributed by atoms with E-state index in [0.29, 0.717) is 0 Å². The zero-order valence-corrected chi connectivity index (χ0v) is 14.9. The van der Waals surface area contributed by atoms with E-state index in [9.17, 15) is 0 Å². The number of hydrogen-bond donors (Lipinski definition) is 0. The monoisotopic (exact) mass is 344 g/mol. The molecule has 1 saturated heterocycles. The fraction of sp³-hybridized carbons (Fsp3) is 0.250. The van der Waals surface area contributed by atoms with Gasteiger partial charge < -0.3 is 9.47 Å². The summed E-state index contributed by atoms with van der Waals surface area (Å²) in [6.45, 7) is 1.68. The molecule has 3 aromatic rings. The van der Waals surface area contributed by atoms with Crippen LogP contribution >= 0.6 is 0 Å². The van der Waals surface area contributed by atoms with E-state index in [1.54, 1.807) is 0 Å². The summed E-state index contributed by atoms with van der Waals surface area (Å²) >= 11 is 0. The van der Waals surface area contributed by atoms with Crippen molar-refractivity contribution in [1.29, 1.82) is 0 Å². The van der Waals surface area contributed by atoms with Crippen LogP contribution in [0.2, 0.25) is 0 Å². The molecule has 0 radical (unpaired) electrons. The molecule has 0 aromatic heterocycles. The molecular weight excluding hydrogens is 320 g/mol. The van der Waals surface area contributed by atoms with Crippen LogP contribution < -0.4 is 4.74 Å². The Morgan fingerprint density at radius 3 is 2.15 bits per heavy atom. The second-order valence-electron chi connectivity index (χ2n) is 7.06. The van der Waals surface area contributed by atoms with Gasteiger partial charge in [0.05, 0.1) is 13.2 Å². The minimum Gasteiger partial charge on any atom is -0.457 e. The predicted octanol–water partition coefficient (Wildman–Crippen LogP) is 5.77. The molecule has 0 bridgehead atoms. The predicted molar refractivity (Wildman–Crippen MR) is 105 cm³/mol. The third-order valence-electron chi connectivity index (χ3n) is 5.14. The highest BCUT2D eigenvalue weighted by molar-refractivity contribution is 5.34. The van der Waals surface area contributed by atoms with Crippen molar-refractivity contribution < 1.29 is 9.47 Å². The summed E-state index contributed by atoms with van der Waals surface area (Å²) in [7, 11) is 0. The molecular formula is C24H24O2. The number of ether oxygens (including phenoxy) is 2. The maximum absolute atomic E-state index is 5.95. The lowest BCUT2D eigenvalue weighted by Crippen LogP contribution is -2.46. The van der Waals surface area contributed by atoms with Gasteiger partial charge in [-0.3, -0.25) is 0 Å². The third kappa shape index (κ3) is 3.81. The third-order valence-corrected chi connectivity index (χ3v) is 5.14. The molecule has 2 heteroatoms. The molecule has 0 N–H and O–H groups in total. The Morgan fingerprint density at radius 1 is 0.769 bits per heavy atom. The highest BCUT2D eigenvalue weighted by Gasteiger charge is 2.39. The number of benzene rings is 3. The molecule has 1 fully saturated rings. The van der Waals surface area contributed by atoms with Gasteiger partial charge in [0.1, 0.15) is 11.5 Å². The van der Waals surface area contributed by atoms with Crippen molar-refractivity contribution in [3.8, 4) is 11.5 Å². The van der Waals surface area contributed by atoms with Crippen molar-refractivity contribution >= 4 is 0 Å². The van der Waals surface area contributed by atoms with Gasteiger partial charge in [0.25, 0.3) is 0 Å². The van der Waals surface area contributed by atoms with Gasteiger partial charge in [-0.1, -0.05) is 60.7 Å². The number of aryl methyl sites for hydroxylation is 1. The summed E-state index contributed by atoms with van der Waals surface area (Å²) in [5, 5.41) is 0. The molecule has 26 heavy (non-hydrogen) atoms. The fourth-order valence-electron chi connectivity index (χ4n) is 3.62. The SMILES string of the molecule is c1ccc(Oc2cccc(CCCC3(c4ccccc4)COC3)c2)cc1. The normalized spacial score (nSPS) is 15.2. The summed E-state index contributed by atoms with van der Waals surface area (Å²) in [4.78, 5) is 0. The van der Waals surface area contributed by atoms with Gasteiger partial charge in [0.15, 0.2) is 0 Å². The maximum Gasteiger partial charge on any atom is 0.127 e. The molecule has 132 valence electrons. The Labute approximate surface area is 155 Å². The van der Waals surface area contributed by atoms with E-state index in [0.717, 1.165) is 44.0 Å². The zero-order valence-electron chi connectivity index (χ0n) is 14.9. The van der Waals surface area contributed by atoms with Crippen molar-refractivity contribution in [1.82, 2.24) is 0 Å². The van der Waals surface area contributed by atoms with Crippen molar-refractivity contribution in [3.63, 3.8) is 0 Å². The van der Waals surface area contributed by atoms with E-state index in [1.807, 2.05) is 36.4 Å². The highest BCUT2D eigenvalue weighted by atomic mass is 16.5. The van der Waals surface area contributed by atoms with Crippen LogP contribution in [0.3, 0.4) is 0 Å². The van der Waals surface area contributed by atoms with Gasteiger partial charge in [0, 0.05) is 5.41 Å². The van der Waals surface area contributed by atoms with Crippen LogP contribution in [-0.4, -0.2) is 13.2 Å². The van der Waals surface area contributed by atoms with Crippen molar-refractivity contribution in [2.75, 3.05) is 13.2 Å². The minimum atomic E-state index is 0.208. The second kappa shape index (κ2) is 7.76. The molecule has 1 aliphatic rings. The first-order valence-electron chi connectivity index (χ1n) is 9.29. The van der Waals surface area contributed by atoms with Crippen LogP contribution in [0.15, 0.2) is 84.9 Å². The first kappa shape index (κ1) is 16.9. The molecule has 1 aliphatic heterocycles. The quantitative estimate of drug-likeness (QED) is 0.542. The van der Waals surface area contributed by atoms with E-state index in [4.69, 9.17) is 9.47 Å². The van der Waals surface area contributed by atoms with Gasteiger partial charge in [-0.2, -0.15) is 0 Å². The first-order valence-corrected chi connectivity index (χ1v) is 9.29. The lowest BCUT2D eigenvalue weighted by molar-refractivity contribution is -0.0651. The van der Waals surface area contributed by atoms with Crippen LogP contribution in [0, 0.1) is 0 Å². The van der Waals surface area contributed by atoms with Gasteiger partial charge >= 0.3 is 0 Å². The van der Waals surface area contributed by atoms with Crippen LogP contribution in [0.25, 0.3) is 0 Å². The van der Waals surface area contributed by atoms with Gasteiger partial charge in [-0.25, -0.2) is 0 Å². The summed E-state index contributed by atoms with van der Waals surface area (Å²) in [6.07, 6.45) is 3.36. The van der Waals surface area contributed by atoms with Crippen LogP contribution in [0.1, 0.15) is 24.0 Å². The van der Waals surface area contributed by atoms with Crippen molar-refractivity contribution in [2.24, 2.45) is 0 Å². The van der Waals surface area contributed by atoms with Gasteiger partial charge in [-0.15, -0.1) is 0 Å². The minimum absolute atomic E-state index is 0.208. The van der Waals surface area contributed by atoms with Crippen LogP contribution in [0.5, 0.6) is 11.5 Å². The van der Waals surface area contributed by atoms with Gasteiger partial charge in [-0.05, 0) is 54.7 Å². The first-order chi connectivity index (χ1) is 12.8. The molecule has 0 atom stereocenters. The largest absolute Gasteiger partial charge is 0.457 e. The lowest BCUT2D eigenvalue weighted by atomic mass is 9.74. The molecule has 0 aliphatic carbocycles. The molecule has 0 unspecified atom stereocenters. The molecule has 4 rings (SSSR count). The molecule has 2 nitrogen and oxygen atoms in total. The average molecular weight is 344 g/mol. The molecule has 3 aromatic carbocycles. The number of para-hydroxylation sites is 1.